The van der Waals surface area contributed by atoms with Crippen molar-refractivity contribution in [2.75, 3.05) is 13.1 Å². The number of hydrogen-bond acceptors (Lipinski definition) is 4. The summed E-state index contributed by atoms with van der Waals surface area (Å²) in [6.07, 6.45) is 5.49. The maximum Gasteiger partial charge on any atom is 0.320 e. The molecular formula is C29H28ClN3O3. The zero-order chi connectivity index (χ0) is 25.2. The number of nitrogens with two attached hydrogens (primary N) is 1. The van der Waals surface area contributed by atoms with Gasteiger partial charge in [0.05, 0.1) is 5.69 Å². The Morgan fingerprint density at radius 3 is 2.44 bits per heavy atom. The van der Waals surface area contributed by atoms with E-state index >= 15 is 0 Å². The summed E-state index contributed by atoms with van der Waals surface area (Å²) in [6.45, 7) is 1.27. The quantitative estimate of drug-likeness (QED) is 0.547. The number of nitrogens with zero attached hydrogens (tertiary/aromatic N) is 2. The van der Waals surface area contributed by atoms with Gasteiger partial charge in [0.1, 0.15) is 6.04 Å². The van der Waals surface area contributed by atoms with Crippen molar-refractivity contribution in [3.8, 4) is 0 Å². The predicted molar refractivity (Wildman–Crippen MR) is 140 cm³/mol. The fraction of sp³-hybridized carbons (Fsp3) is 0.276. The van der Waals surface area contributed by atoms with Gasteiger partial charge in [0, 0.05) is 35.4 Å². The van der Waals surface area contributed by atoms with Crippen LogP contribution in [-0.4, -0.2) is 46.0 Å². The minimum Gasteiger partial charge on any atom is -0.480 e. The molecule has 1 aliphatic carbocycles. The zero-order valence-electron chi connectivity index (χ0n) is 19.9. The maximum atomic E-state index is 13.2. The second-order valence-electron chi connectivity index (χ2n) is 9.43. The minimum atomic E-state index is -1.04. The van der Waals surface area contributed by atoms with Gasteiger partial charge in [0.15, 0.2) is 0 Å². The number of benzene rings is 2. The van der Waals surface area contributed by atoms with Gasteiger partial charge in [0.25, 0.3) is 5.91 Å². The Morgan fingerprint density at radius 2 is 1.72 bits per heavy atom. The van der Waals surface area contributed by atoms with Crippen molar-refractivity contribution in [2.24, 2.45) is 5.73 Å². The summed E-state index contributed by atoms with van der Waals surface area (Å²) in [4.78, 5) is 30.8. The topological polar surface area (TPSA) is 96.5 Å². The van der Waals surface area contributed by atoms with E-state index < -0.39 is 12.0 Å². The number of fused-ring (bicyclic) bond motifs is 2. The summed E-state index contributed by atoms with van der Waals surface area (Å²) in [6, 6.07) is 16.4. The minimum absolute atomic E-state index is 0.0142. The lowest BCUT2D eigenvalue weighted by atomic mass is 9.88. The van der Waals surface area contributed by atoms with Crippen LogP contribution in [0.2, 0.25) is 5.02 Å². The number of aromatic nitrogens is 1. The highest BCUT2D eigenvalue weighted by Gasteiger charge is 2.27. The van der Waals surface area contributed by atoms with Gasteiger partial charge in [-0.3, -0.25) is 14.6 Å². The monoisotopic (exact) mass is 501 g/mol. The summed E-state index contributed by atoms with van der Waals surface area (Å²) >= 11 is 6.33. The third kappa shape index (κ3) is 4.92. The van der Waals surface area contributed by atoms with Crippen molar-refractivity contribution in [1.29, 1.82) is 0 Å². The molecule has 3 N–H and O–H groups in total. The number of rotatable bonds is 4. The van der Waals surface area contributed by atoms with E-state index in [1.807, 2.05) is 23.2 Å². The first-order chi connectivity index (χ1) is 17.4. The van der Waals surface area contributed by atoms with Crippen LogP contribution in [0.15, 0.2) is 66.4 Å². The Bertz CT molecular complexity index is 1340. The van der Waals surface area contributed by atoms with Crippen LogP contribution in [0.4, 0.5) is 0 Å². The number of likely N-dealkylation sites (tertiary alicyclic amines) is 1. The van der Waals surface area contributed by atoms with E-state index in [0.29, 0.717) is 18.7 Å². The Morgan fingerprint density at radius 1 is 1.00 bits per heavy atom. The smallest absolute Gasteiger partial charge is 0.320 e. The molecule has 1 fully saturated rings. The molecule has 0 radical (unpaired) electrons. The van der Waals surface area contributed by atoms with Crippen LogP contribution in [0.1, 0.15) is 51.1 Å². The summed E-state index contributed by atoms with van der Waals surface area (Å²) < 4.78 is 0. The molecule has 1 saturated heterocycles. The Hall–Kier alpha value is -3.48. The van der Waals surface area contributed by atoms with Gasteiger partial charge in [-0.15, -0.1) is 0 Å². The first-order valence-electron chi connectivity index (χ1n) is 12.2. The summed E-state index contributed by atoms with van der Waals surface area (Å²) in [5.74, 6) is -1.05. The molecule has 0 spiro atoms. The molecule has 0 bridgehead atoms. The van der Waals surface area contributed by atoms with E-state index in [1.165, 1.54) is 27.8 Å². The SMILES string of the molecule is NC(Cc1ccc(C(=O)N2CCC(=C3c4ccc(Cl)cc4CCc4cccnc43)CC2)cc1)C(=O)O. The third-order valence-electron chi connectivity index (χ3n) is 7.11. The lowest BCUT2D eigenvalue weighted by Gasteiger charge is -2.30. The number of carbonyl (C=O) groups is 2. The van der Waals surface area contributed by atoms with Gasteiger partial charge in [0.2, 0.25) is 0 Å². The molecule has 5 rings (SSSR count). The van der Waals surface area contributed by atoms with Gasteiger partial charge >= 0.3 is 5.97 Å². The van der Waals surface area contributed by atoms with Crippen molar-refractivity contribution < 1.29 is 14.7 Å². The van der Waals surface area contributed by atoms with Gasteiger partial charge in [-0.2, -0.15) is 0 Å². The highest BCUT2D eigenvalue weighted by molar-refractivity contribution is 6.30. The first-order valence-corrected chi connectivity index (χ1v) is 12.6. The molecule has 0 saturated carbocycles. The summed E-state index contributed by atoms with van der Waals surface area (Å²) in [7, 11) is 0. The Balaban J connectivity index is 1.37. The third-order valence-corrected chi connectivity index (χ3v) is 7.34. The number of hydrogen-bond donors (Lipinski definition) is 2. The number of aryl methyl sites for hydroxylation is 2. The standard InChI is InChI=1S/C29H28ClN3O3/c30-23-9-10-24-22(17-23)8-7-20-2-1-13-32-27(20)26(24)19-11-14-33(15-12-19)28(34)21-5-3-18(4-6-21)16-25(31)29(35)36/h1-6,9-10,13,17,25H,7-8,11-12,14-16,31H2,(H,35,36). The fourth-order valence-electron chi connectivity index (χ4n) is 5.17. The molecule has 7 heteroatoms. The van der Waals surface area contributed by atoms with Crippen LogP contribution in [0.3, 0.4) is 0 Å². The summed E-state index contributed by atoms with van der Waals surface area (Å²) in [5, 5.41) is 9.75. The molecular weight excluding hydrogens is 474 g/mol. The van der Waals surface area contributed by atoms with Crippen molar-refractivity contribution in [2.45, 2.75) is 38.1 Å². The van der Waals surface area contributed by atoms with E-state index in [0.717, 1.165) is 42.0 Å². The molecule has 1 aromatic heterocycles. The average Bonchev–Trinajstić information content (AvgIpc) is 3.05. The second kappa shape index (κ2) is 10.2. The molecule has 184 valence electrons. The zero-order valence-corrected chi connectivity index (χ0v) is 20.7. The van der Waals surface area contributed by atoms with Crippen LogP contribution < -0.4 is 5.73 Å². The highest BCUT2D eigenvalue weighted by atomic mass is 35.5. The van der Waals surface area contributed by atoms with E-state index in [-0.39, 0.29) is 12.3 Å². The van der Waals surface area contributed by atoms with Gasteiger partial charge in [-0.25, -0.2) is 0 Å². The largest absolute Gasteiger partial charge is 0.480 e. The highest BCUT2D eigenvalue weighted by Crippen LogP contribution is 2.38. The molecule has 6 nitrogen and oxygen atoms in total. The predicted octanol–water partition coefficient (Wildman–Crippen LogP) is 4.53. The molecule has 2 heterocycles. The molecule has 1 unspecified atom stereocenters. The van der Waals surface area contributed by atoms with Crippen LogP contribution in [0.5, 0.6) is 0 Å². The van der Waals surface area contributed by atoms with Crippen LogP contribution in [0, 0.1) is 0 Å². The average molecular weight is 502 g/mol. The summed E-state index contributed by atoms with van der Waals surface area (Å²) in [5.41, 5.74) is 14.3. The van der Waals surface area contributed by atoms with E-state index in [1.54, 1.807) is 24.3 Å². The molecule has 1 atom stereocenters. The van der Waals surface area contributed by atoms with Crippen molar-refractivity contribution in [3.63, 3.8) is 0 Å². The normalized spacial score (nSPS) is 16.1. The molecule has 2 aliphatic rings. The number of carbonyl (C=O) groups excluding carboxylic acids is 1. The number of amides is 1. The number of piperidine rings is 1. The molecule has 2 aromatic carbocycles. The Kier molecular flexibility index (Phi) is 6.90. The molecule has 1 amide bonds. The fourth-order valence-corrected chi connectivity index (χ4v) is 5.36. The van der Waals surface area contributed by atoms with E-state index in [2.05, 4.69) is 18.2 Å². The van der Waals surface area contributed by atoms with Crippen molar-refractivity contribution in [1.82, 2.24) is 9.88 Å². The first kappa shape index (κ1) is 24.2. The Labute approximate surface area is 215 Å². The van der Waals surface area contributed by atoms with Crippen molar-refractivity contribution in [3.05, 3.63) is 105 Å². The van der Waals surface area contributed by atoms with E-state index in [4.69, 9.17) is 27.4 Å². The number of pyridine rings is 1. The number of carboxylic acids is 1. The number of aliphatic carboxylic acids is 1. The van der Waals surface area contributed by atoms with E-state index in [9.17, 15) is 9.59 Å². The maximum absolute atomic E-state index is 13.2. The number of halogens is 1. The van der Waals surface area contributed by atoms with Gasteiger partial charge < -0.3 is 15.7 Å². The van der Waals surface area contributed by atoms with Crippen molar-refractivity contribution >= 4 is 29.1 Å². The van der Waals surface area contributed by atoms with Gasteiger partial charge in [-0.1, -0.05) is 41.4 Å². The lowest BCUT2D eigenvalue weighted by molar-refractivity contribution is -0.138. The van der Waals surface area contributed by atoms with Crippen LogP contribution >= 0.6 is 11.6 Å². The number of carboxylic acid groups (broad SMARTS) is 1. The molecule has 3 aromatic rings. The lowest BCUT2D eigenvalue weighted by Crippen LogP contribution is -2.36. The van der Waals surface area contributed by atoms with Gasteiger partial charge in [-0.05, 0) is 84.7 Å². The second-order valence-corrected chi connectivity index (χ2v) is 9.87. The molecule has 1 aliphatic heterocycles. The molecule has 36 heavy (non-hydrogen) atoms. The van der Waals surface area contributed by atoms with Crippen LogP contribution in [-0.2, 0) is 24.1 Å². The van der Waals surface area contributed by atoms with Crippen LogP contribution in [0.25, 0.3) is 5.57 Å².